The number of halogens is 1. The van der Waals surface area contributed by atoms with Crippen molar-refractivity contribution < 1.29 is 31.3 Å². The molecule has 3 rings (SSSR count). The van der Waals surface area contributed by atoms with Gasteiger partial charge in [-0.25, -0.2) is 4.39 Å². The van der Waals surface area contributed by atoms with Gasteiger partial charge < -0.3 is 14.4 Å². The average Bonchev–Trinajstić information content (AvgIpc) is 3.09. The lowest BCUT2D eigenvalue weighted by Crippen LogP contribution is -2.32. The summed E-state index contributed by atoms with van der Waals surface area (Å²) in [6.07, 6.45) is 0.0186. The zero-order valence-corrected chi connectivity index (χ0v) is 18.7. The molecule has 2 unspecified atom stereocenters. The first-order valence-corrected chi connectivity index (χ1v) is 11.6. The Morgan fingerprint density at radius 3 is 2.52 bits per heavy atom. The smallest absolute Gasteiger partial charge is 0.264 e. The number of hydrogen-bond donors (Lipinski definition) is 0. The topological polar surface area (TPSA) is 82.1 Å². The van der Waals surface area contributed by atoms with Crippen molar-refractivity contribution in [1.29, 1.82) is 0 Å². The molecular weight excluding hydrogens is 425 g/mol. The van der Waals surface area contributed by atoms with Gasteiger partial charge in [-0.2, -0.15) is 8.42 Å². The van der Waals surface area contributed by atoms with Crippen molar-refractivity contribution in [2.75, 3.05) is 26.5 Å². The molecule has 1 saturated heterocycles. The molecule has 0 spiro atoms. The summed E-state index contributed by atoms with van der Waals surface area (Å²) in [5.41, 5.74) is 2.82. The predicted molar refractivity (Wildman–Crippen MR) is 113 cm³/mol. The lowest BCUT2D eigenvalue weighted by molar-refractivity contribution is 0.0337. The summed E-state index contributed by atoms with van der Waals surface area (Å²) in [7, 11) is -2.13. The molecule has 0 bridgehead atoms. The van der Waals surface area contributed by atoms with Gasteiger partial charge in [0.1, 0.15) is 23.8 Å². The Morgan fingerprint density at radius 2 is 1.84 bits per heavy atom. The second-order valence-electron chi connectivity index (χ2n) is 7.72. The van der Waals surface area contributed by atoms with Crippen LogP contribution in [0, 0.1) is 19.7 Å². The van der Waals surface area contributed by atoms with E-state index in [4.69, 9.17) is 13.7 Å². The molecule has 31 heavy (non-hydrogen) atoms. The molecule has 1 aliphatic heterocycles. The van der Waals surface area contributed by atoms with Crippen molar-refractivity contribution in [2.24, 2.45) is 0 Å². The minimum absolute atomic E-state index is 0.115. The predicted octanol–water partition coefficient (Wildman–Crippen LogP) is 2.84. The van der Waals surface area contributed by atoms with E-state index >= 15 is 0 Å². The lowest BCUT2D eigenvalue weighted by Gasteiger charge is -2.19. The first kappa shape index (κ1) is 23.2. The molecule has 1 aliphatic rings. The third kappa shape index (κ3) is 6.03. The van der Waals surface area contributed by atoms with Crippen molar-refractivity contribution in [2.45, 2.75) is 32.7 Å². The van der Waals surface area contributed by atoms with Crippen LogP contribution in [0.2, 0.25) is 0 Å². The molecule has 0 aliphatic carbocycles. The van der Waals surface area contributed by atoms with Gasteiger partial charge in [-0.3, -0.25) is 8.98 Å². The number of rotatable bonds is 7. The first-order chi connectivity index (χ1) is 14.6. The highest BCUT2D eigenvalue weighted by Gasteiger charge is 2.37. The molecule has 9 heteroatoms. The van der Waals surface area contributed by atoms with Crippen LogP contribution in [-0.2, 0) is 25.6 Å². The Hall–Kier alpha value is -2.49. The van der Waals surface area contributed by atoms with Gasteiger partial charge in [0, 0.05) is 18.7 Å². The van der Waals surface area contributed by atoms with Gasteiger partial charge in [0.2, 0.25) is 0 Å². The molecule has 0 saturated carbocycles. The van der Waals surface area contributed by atoms with Crippen LogP contribution in [0.5, 0.6) is 5.75 Å². The fourth-order valence-electron chi connectivity index (χ4n) is 3.51. The van der Waals surface area contributed by atoms with Crippen LogP contribution in [-0.4, -0.2) is 57.9 Å². The summed E-state index contributed by atoms with van der Waals surface area (Å²) in [4.78, 5) is 14.7. The standard InChI is InChI=1S/C22H26FNO6S/c1-14-5-6-15(2)19(7-14)22(25)24-11-20(28-3)21(12-24)30-18-9-16(8-17(23)10-18)13-29-31(4,26)27/h5-10,20-21H,11-13H2,1-4H3. The van der Waals surface area contributed by atoms with E-state index < -0.39 is 28.1 Å². The second kappa shape index (κ2) is 9.33. The number of nitrogens with zero attached hydrogens (tertiary/aromatic N) is 1. The van der Waals surface area contributed by atoms with Crippen molar-refractivity contribution in [3.63, 3.8) is 0 Å². The maximum absolute atomic E-state index is 14.0. The number of carbonyl (C=O) groups excluding carboxylic acids is 1. The number of aryl methyl sites for hydroxylation is 2. The average molecular weight is 452 g/mol. The molecule has 0 N–H and O–H groups in total. The largest absolute Gasteiger partial charge is 0.486 e. The number of ether oxygens (including phenoxy) is 2. The Kier molecular flexibility index (Phi) is 6.98. The molecule has 2 aromatic carbocycles. The van der Waals surface area contributed by atoms with Crippen LogP contribution in [0.1, 0.15) is 27.0 Å². The number of hydrogen-bond acceptors (Lipinski definition) is 6. The molecular formula is C22H26FNO6S. The summed E-state index contributed by atoms with van der Waals surface area (Å²) in [5, 5.41) is 0. The fourth-order valence-corrected chi connectivity index (χ4v) is 3.86. The third-order valence-corrected chi connectivity index (χ3v) is 5.63. The summed E-state index contributed by atoms with van der Waals surface area (Å²) in [6, 6.07) is 9.61. The molecule has 0 radical (unpaired) electrons. The highest BCUT2D eigenvalue weighted by atomic mass is 32.2. The molecule has 2 aromatic rings. The van der Waals surface area contributed by atoms with E-state index in [0.29, 0.717) is 17.7 Å². The SMILES string of the molecule is COC1CN(C(=O)c2cc(C)ccc2C)CC1Oc1cc(F)cc(COS(C)(=O)=O)c1. The van der Waals surface area contributed by atoms with Crippen LogP contribution in [0.15, 0.2) is 36.4 Å². The van der Waals surface area contributed by atoms with Crippen LogP contribution < -0.4 is 4.74 Å². The summed E-state index contributed by atoms with van der Waals surface area (Å²) >= 11 is 0. The maximum atomic E-state index is 14.0. The molecule has 2 atom stereocenters. The van der Waals surface area contributed by atoms with E-state index in [1.165, 1.54) is 25.3 Å². The number of likely N-dealkylation sites (tertiary alicyclic amines) is 1. The van der Waals surface area contributed by atoms with Crippen LogP contribution in [0.25, 0.3) is 0 Å². The molecule has 7 nitrogen and oxygen atoms in total. The quantitative estimate of drug-likeness (QED) is 0.602. The van der Waals surface area contributed by atoms with Crippen molar-refractivity contribution in [3.05, 3.63) is 64.5 Å². The normalized spacial score (nSPS) is 18.9. The van der Waals surface area contributed by atoms with Gasteiger partial charge in [-0.1, -0.05) is 17.7 Å². The van der Waals surface area contributed by atoms with E-state index in [1.807, 2.05) is 32.0 Å². The Bertz CT molecular complexity index is 1070. The lowest BCUT2D eigenvalue weighted by atomic mass is 10.0. The Morgan fingerprint density at radius 1 is 1.13 bits per heavy atom. The van der Waals surface area contributed by atoms with E-state index in [9.17, 15) is 17.6 Å². The van der Waals surface area contributed by atoms with Gasteiger partial charge in [-0.05, 0) is 43.2 Å². The first-order valence-electron chi connectivity index (χ1n) is 9.75. The number of methoxy groups -OCH3 is 1. The Labute approximate surface area is 181 Å². The third-order valence-electron chi connectivity index (χ3n) is 5.09. The molecule has 168 valence electrons. The molecule has 1 heterocycles. The molecule has 1 fully saturated rings. The van der Waals surface area contributed by atoms with E-state index in [1.54, 1.807) is 4.90 Å². The van der Waals surface area contributed by atoms with Crippen molar-refractivity contribution >= 4 is 16.0 Å². The molecule has 1 amide bonds. The van der Waals surface area contributed by atoms with Crippen molar-refractivity contribution in [1.82, 2.24) is 4.90 Å². The monoisotopic (exact) mass is 451 g/mol. The maximum Gasteiger partial charge on any atom is 0.264 e. The highest BCUT2D eigenvalue weighted by Crippen LogP contribution is 2.25. The summed E-state index contributed by atoms with van der Waals surface area (Å²) in [5.74, 6) is -0.490. The van der Waals surface area contributed by atoms with Gasteiger partial charge in [-0.15, -0.1) is 0 Å². The van der Waals surface area contributed by atoms with E-state index in [0.717, 1.165) is 17.4 Å². The number of amides is 1. The minimum Gasteiger partial charge on any atom is -0.486 e. The van der Waals surface area contributed by atoms with Crippen molar-refractivity contribution in [3.8, 4) is 5.75 Å². The van der Waals surface area contributed by atoms with Crippen LogP contribution in [0.3, 0.4) is 0 Å². The number of benzene rings is 2. The number of carbonyl (C=O) groups is 1. The summed E-state index contributed by atoms with van der Waals surface area (Å²) in [6.45, 7) is 4.13. The fraction of sp³-hybridized carbons (Fsp3) is 0.409. The molecule has 0 aromatic heterocycles. The van der Waals surface area contributed by atoms with E-state index in [2.05, 4.69) is 0 Å². The van der Waals surface area contributed by atoms with Gasteiger partial charge in [0.25, 0.3) is 16.0 Å². The van der Waals surface area contributed by atoms with Crippen LogP contribution >= 0.6 is 0 Å². The summed E-state index contributed by atoms with van der Waals surface area (Å²) < 4.78 is 52.6. The Balaban J connectivity index is 1.75. The second-order valence-corrected chi connectivity index (χ2v) is 9.36. The zero-order chi connectivity index (χ0) is 22.8. The van der Waals surface area contributed by atoms with E-state index in [-0.39, 0.29) is 24.8 Å². The van der Waals surface area contributed by atoms with Gasteiger partial charge >= 0.3 is 0 Å². The highest BCUT2D eigenvalue weighted by molar-refractivity contribution is 7.85. The zero-order valence-electron chi connectivity index (χ0n) is 17.9. The van der Waals surface area contributed by atoms with Crippen LogP contribution in [0.4, 0.5) is 4.39 Å². The van der Waals surface area contributed by atoms with Gasteiger partial charge in [0.15, 0.2) is 0 Å². The van der Waals surface area contributed by atoms with Gasteiger partial charge in [0.05, 0.1) is 26.0 Å². The minimum atomic E-state index is -3.66.